The molecule has 0 saturated carbocycles. The van der Waals surface area contributed by atoms with E-state index in [-0.39, 0.29) is 5.97 Å². The summed E-state index contributed by atoms with van der Waals surface area (Å²) in [6, 6.07) is 18.6. The third-order valence-corrected chi connectivity index (χ3v) is 5.62. The fourth-order valence-electron chi connectivity index (χ4n) is 3.05. The lowest BCUT2D eigenvalue weighted by molar-refractivity contribution is -0.140. The van der Waals surface area contributed by atoms with Gasteiger partial charge in [0, 0.05) is 16.2 Å². The van der Waals surface area contributed by atoms with Crippen LogP contribution in [0.4, 0.5) is 0 Å². The summed E-state index contributed by atoms with van der Waals surface area (Å²) >= 11 is 1.77. The first-order valence-electron chi connectivity index (χ1n) is 9.00. The van der Waals surface area contributed by atoms with E-state index in [4.69, 9.17) is 4.74 Å². The Balaban J connectivity index is 1.59. The van der Waals surface area contributed by atoms with Gasteiger partial charge in [0.1, 0.15) is 12.4 Å². The molecular formula is C23H24O3S. The summed E-state index contributed by atoms with van der Waals surface area (Å²) < 4.78 is 10.6. The standard InChI is InChI=1S/C23H24O3S/c1-16-5-4-6-17(2)23(16)21-13-12-20(27-21)15-26-19-10-7-18(8-11-19)9-14-22(24)25-3/h4-8,10-13H,9,14-15H2,1-3H3. The summed E-state index contributed by atoms with van der Waals surface area (Å²) in [4.78, 5) is 13.7. The van der Waals surface area contributed by atoms with Gasteiger partial charge >= 0.3 is 5.97 Å². The van der Waals surface area contributed by atoms with Crippen molar-refractivity contribution in [2.24, 2.45) is 0 Å². The fraction of sp³-hybridized carbons (Fsp3) is 0.261. The molecule has 3 aromatic rings. The number of esters is 1. The predicted molar refractivity (Wildman–Crippen MR) is 110 cm³/mol. The summed E-state index contributed by atoms with van der Waals surface area (Å²) in [5.41, 5.74) is 5.02. The van der Waals surface area contributed by atoms with Gasteiger partial charge in [-0.3, -0.25) is 4.79 Å². The minimum Gasteiger partial charge on any atom is -0.488 e. The minimum atomic E-state index is -0.187. The number of thiophene rings is 1. The summed E-state index contributed by atoms with van der Waals surface area (Å²) in [5.74, 6) is 0.645. The van der Waals surface area contributed by atoms with Crippen LogP contribution in [0.1, 0.15) is 28.0 Å². The number of carbonyl (C=O) groups is 1. The van der Waals surface area contributed by atoms with E-state index in [0.29, 0.717) is 19.4 Å². The molecule has 1 heterocycles. The van der Waals surface area contributed by atoms with E-state index in [2.05, 4.69) is 48.9 Å². The van der Waals surface area contributed by atoms with Crippen molar-refractivity contribution in [1.82, 2.24) is 0 Å². The van der Waals surface area contributed by atoms with Crippen LogP contribution in [-0.4, -0.2) is 13.1 Å². The van der Waals surface area contributed by atoms with Crippen LogP contribution in [0.2, 0.25) is 0 Å². The summed E-state index contributed by atoms with van der Waals surface area (Å²) in [5, 5.41) is 0. The number of aryl methyl sites for hydroxylation is 3. The maximum atomic E-state index is 11.2. The summed E-state index contributed by atoms with van der Waals surface area (Å²) in [7, 11) is 1.41. The van der Waals surface area contributed by atoms with Crippen LogP contribution in [0.3, 0.4) is 0 Å². The molecule has 0 aliphatic rings. The third-order valence-electron chi connectivity index (χ3n) is 4.54. The number of carbonyl (C=O) groups excluding carboxylic acids is 1. The topological polar surface area (TPSA) is 35.5 Å². The highest BCUT2D eigenvalue weighted by atomic mass is 32.1. The lowest BCUT2D eigenvalue weighted by atomic mass is 10.0. The van der Waals surface area contributed by atoms with Crippen molar-refractivity contribution >= 4 is 17.3 Å². The van der Waals surface area contributed by atoms with Gasteiger partial charge in [-0.1, -0.05) is 30.3 Å². The molecule has 0 amide bonds. The molecule has 0 radical (unpaired) electrons. The van der Waals surface area contributed by atoms with Crippen LogP contribution in [0.5, 0.6) is 5.75 Å². The average molecular weight is 381 g/mol. The zero-order valence-electron chi connectivity index (χ0n) is 16.0. The summed E-state index contributed by atoms with van der Waals surface area (Å²) in [6.07, 6.45) is 1.07. The maximum absolute atomic E-state index is 11.2. The van der Waals surface area contributed by atoms with Crippen LogP contribution < -0.4 is 4.74 Å². The molecule has 0 atom stereocenters. The van der Waals surface area contributed by atoms with Gasteiger partial charge in [0.2, 0.25) is 0 Å². The molecule has 0 bridgehead atoms. The Morgan fingerprint density at radius 1 is 0.963 bits per heavy atom. The highest BCUT2D eigenvalue weighted by molar-refractivity contribution is 7.15. The lowest BCUT2D eigenvalue weighted by Gasteiger charge is -2.07. The van der Waals surface area contributed by atoms with Crippen LogP contribution in [-0.2, 0) is 22.6 Å². The summed E-state index contributed by atoms with van der Waals surface area (Å²) in [6.45, 7) is 4.86. The number of ether oxygens (including phenoxy) is 2. The molecule has 0 saturated heterocycles. The Bertz CT molecular complexity index is 889. The largest absolute Gasteiger partial charge is 0.488 e. The number of benzene rings is 2. The Morgan fingerprint density at radius 3 is 2.33 bits per heavy atom. The highest BCUT2D eigenvalue weighted by Gasteiger charge is 2.09. The monoisotopic (exact) mass is 380 g/mol. The van der Waals surface area contributed by atoms with Crippen molar-refractivity contribution in [1.29, 1.82) is 0 Å². The van der Waals surface area contributed by atoms with Gasteiger partial charge < -0.3 is 9.47 Å². The normalized spacial score (nSPS) is 10.6. The first-order chi connectivity index (χ1) is 13.1. The molecule has 0 aliphatic heterocycles. The second kappa shape index (κ2) is 8.87. The Kier molecular flexibility index (Phi) is 6.30. The molecule has 3 rings (SSSR count). The van der Waals surface area contributed by atoms with E-state index in [1.54, 1.807) is 11.3 Å². The predicted octanol–water partition coefficient (Wildman–Crippen LogP) is 5.72. The Labute approximate surface area is 164 Å². The second-order valence-electron chi connectivity index (χ2n) is 6.54. The number of rotatable bonds is 7. The van der Waals surface area contributed by atoms with Gasteiger partial charge in [0.15, 0.2) is 0 Å². The maximum Gasteiger partial charge on any atom is 0.305 e. The van der Waals surface area contributed by atoms with Gasteiger partial charge in [-0.15, -0.1) is 11.3 Å². The van der Waals surface area contributed by atoms with Crippen LogP contribution in [0.15, 0.2) is 54.6 Å². The average Bonchev–Trinajstić information content (AvgIpc) is 3.13. The van der Waals surface area contributed by atoms with Crippen molar-refractivity contribution in [3.8, 4) is 16.2 Å². The Morgan fingerprint density at radius 2 is 1.67 bits per heavy atom. The molecule has 140 valence electrons. The molecule has 0 aliphatic carbocycles. The van der Waals surface area contributed by atoms with Gasteiger partial charge in [-0.2, -0.15) is 0 Å². The number of hydrogen-bond acceptors (Lipinski definition) is 4. The van der Waals surface area contributed by atoms with E-state index < -0.39 is 0 Å². The van der Waals surface area contributed by atoms with E-state index in [1.165, 1.54) is 33.6 Å². The third kappa shape index (κ3) is 4.98. The van der Waals surface area contributed by atoms with E-state index >= 15 is 0 Å². The molecule has 0 spiro atoms. The lowest BCUT2D eigenvalue weighted by Crippen LogP contribution is -2.01. The van der Waals surface area contributed by atoms with Crippen LogP contribution in [0.25, 0.3) is 10.4 Å². The number of methoxy groups -OCH3 is 1. The molecule has 2 aromatic carbocycles. The molecule has 0 N–H and O–H groups in total. The first-order valence-corrected chi connectivity index (χ1v) is 9.82. The van der Waals surface area contributed by atoms with Crippen LogP contribution >= 0.6 is 11.3 Å². The van der Waals surface area contributed by atoms with Gasteiger partial charge in [-0.25, -0.2) is 0 Å². The van der Waals surface area contributed by atoms with E-state index in [1.807, 2.05) is 24.3 Å². The van der Waals surface area contributed by atoms with Gasteiger partial charge in [-0.05, 0) is 66.8 Å². The highest BCUT2D eigenvalue weighted by Crippen LogP contribution is 2.33. The molecular weight excluding hydrogens is 356 g/mol. The first kappa shape index (κ1) is 19.2. The zero-order chi connectivity index (χ0) is 19.2. The molecule has 4 heteroatoms. The molecule has 0 fully saturated rings. The SMILES string of the molecule is COC(=O)CCc1ccc(OCc2ccc(-c3c(C)cccc3C)s2)cc1. The van der Waals surface area contributed by atoms with Crippen molar-refractivity contribution in [3.63, 3.8) is 0 Å². The van der Waals surface area contributed by atoms with Gasteiger partial charge in [0.25, 0.3) is 0 Å². The molecule has 1 aromatic heterocycles. The number of hydrogen-bond donors (Lipinski definition) is 0. The minimum absolute atomic E-state index is 0.187. The van der Waals surface area contributed by atoms with Crippen molar-refractivity contribution in [2.75, 3.05) is 7.11 Å². The Hall–Kier alpha value is -2.59. The van der Waals surface area contributed by atoms with Crippen LogP contribution in [0, 0.1) is 13.8 Å². The zero-order valence-corrected chi connectivity index (χ0v) is 16.8. The van der Waals surface area contributed by atoms with Crippen molar-refractivity contribution in [3.05, 3.63) is 76.2 Å². The van der Waals surface area contributed by atoms with Gasteiger partial charge in [0.05, 0.1) is 7.11 Å². The quantitative estimate of drug-likeness (QED) is 0.492. The molecule has 27 heavy (non-hydrogen) atoms. The van der Waals surface area contributed by atoms with Crippen molar-refractivity contribution in [2.45, 2.75) is 33.3 Å². The van der Waals surface area contributed by atoms with E-state index in [0.717, 1.165) is 11.3 Å². The van der Waals surface area contributed by atoms with Crippen molar-refractivity contribution < 1.29 is 14.3 Å². The second-order valence-corrected chi connectivity index (χ2v) is 7.71. The molecule has 0 unspecified atom stereocenters. The smallest absolute Gasteiger partial charge is 0.305 e. The molecule has 3 nitrogen and oxygen atoms in total. The van der Waals surface area contributed by atoms with E-state index in [9.17, 15) is 4.79 Å². The fourth-order valence-corrected chi connectivity index (χ4v) is 4.14.